The number of aromatic nitrogens is 2. The quantitative estimate of drug-likeness (QED) is 0.443. The van der Waals surface area contributed by atoms with Crippen molar-refractivity contribution in [3.8, 4) is 22.7 Å². The Morgan fingerprint density at radius 3 is 2.51 bits per heavy atom. The fraction of sp³-hybridized carbons (Fsp3) is 0.429. The third kappa shape index (κ3) is 5.41. The molecular weight excluding hydrogens is 442 g/mol. The summed E-state index contributed by atoms with van der Waals surface area (Å²) in [5.74, 6) is 0.856. The van der Waals surface area contributed by atoms with Crippen LogP contribution in [0.4, 0.5) is 5.69 Å². The minimum absolute atomic E-state index is 0.0141. The van der Waals surface area contributed by atoms with Crippen LogP contribution in [-0.2, 0) is 20.9 Å². The summed E-state index contributed by atoms with van der Waals surface area (Å²) in [4.78, 5) is 14.3. The van der Waals surface area contributed by atoms with Crippen LogP contribution in [0.3, 0.4) is 0 Å². The summed E-state index contributed by atoms with van der Waals surface area (Å²) in [5, 5.41) is 4.96. The van der Waals surface area contributed by atoms with E-state index >= 15 is 0 Å². The summed E-state index contributed by atoms with van der Waals surface area (Å²) in [5.41, 5.74) is 3.97. The lowest BCUT2D eigenvalue weighted by atomic mass is 10.1. The molecule has 5 rings (SSSR count). The first-order valence-electron chi connectivity index (χ1n) is 12.3. The van der Waals surface area contributed by atoms with Gasteiger partial charge in [0.1, 0.15) is 11.4 Å². The lowest BCUT2D eigenvalue weighted by molar-refractivity contribution is -0.139. The zero-order chi connectivity index (χ0) is 24.4. The fourth-order valence-corrected chi connectivity index (χ4v) is 4.07. The number of carbonyl (C=O) groups is 1. The summed E-state index contributed by atoms with van der Waals surface area (Å²) in [6.07, 6.45) is 2.56. The number of anilines is 1. The highest BCUT2D eigenvalue weighted by Gasteiger charge is 2.26. The van der Waals surface area contributed by atoms with Gasteiger partial charge in [-0.05, 0) is 63.9 Å². The Kier molecular flexibility index (Phi) is 6.62. The van der Waals surface area contributed by atoms with Crippen LogP contribution in [-0.4, -0.2) is 53.6 Å². The van der Waals surface area contributed by atoms with Gasteiger partial charge in [-0.25, -0.2) is 4.68 Å². The first kappa shape index (κ1) is 23.6. The SMILES string of the molecule is CC(=O)C(C)(C)OCc1cc(-c2cccc(OC3CC3)c2)n(-c2ccccc2N2CCOCC2)n1. The number of rotatable bonds is 9. The Balaban J connectivity index is 1.55. The number of nitrogens with zero attached hydrogens (tertiary/aromatic N) is 3. The van der Waals surface area contributed by atoms with Crippen molar-refractivity contribution >= 4 is 11.5 Å². The Hall–Kier alpha value is -3.16. The fourth-order valence-electron chi connectivity index (χ4n) is 4.07. The molecule has 0 bridgehead atoms. The van der Waals surface area contributed by atoms with Gasteiger partial charge in [0.25, 0.3) is 0 Å². The molecule has 184 valence electrons. The number of ether oxygens (including phenoxy) is 3. The van der Waals surface area contributed by atoms with Crippen LogP contribution < -0.4 is 9.64 Å². The minimum atomic E-state index is -0.867. The number of Topliss-reactive ketones (excluding diaryl/α,β-unsaturated/α-hetero) is 1. The van der Waals surface area contributed by atoms with Crippen molar-refractivity contribution in [1.29, 1.82) is 0 Å². The van der Waals surface area contributed by atoms with Gasteiger partial charge in [-0.2, -0.15) is 5.10 Å². The topological polar surface area (TPSA) is 65.8 Å². The van der Waals surface area contributed by atoms with Crippen molar-refractivity contribution in [2.45, 2.75) is 51.9 Å². The highest BCUT2D eigenvalue weighted by atomic mass is 16.5. The van der Waals surface area contributed by atoms with Crippen LogP contribution in [0.2, 0.25) is 0 Å². The van der Waals surface area contributed by atoms with Crippen molar-refractivity contribution in [3.05, 3.63) is 60.3 Å². The Morgan fingerprint density at radius 2 is 1.80 bits per heavy atom. The molecule has 3 aromatic rings. The van der Waals surface area contributed by atoms with E-state index in [4.69, 9.17) is 19.3 Å². The lowest BCUT2D eigenvalue weighted by Gasteiger charge is -2.30. The van der Waals surface area contributed by atoms with Gasteiger partial charge in [0.2, 0.25) is 0 Å². The Bertz CT molecular complexity index is 1190. The van der Waals surface area contributed by atoms with E-state index in [1.807, 2.05) is 28.9 Å². The molecule has 7 nitrogen and oxygen atoms in total. The third-order valence-corrected chi connectivity index (χ3v) is 6.61. The van der Waals surface area contributed by atoms with Gasteiger partial charge in [-0.3, -0.25) is 4.79 Å². The molecule has 0 spiro atoms. The number of benzene rings is 2. The molecule has 35 heavy (non-hydrogen) atoms. The van der Waals surface area contributed by atoms with Crippen LogP contribution in [0.15, 0.2) is 54.6 Å². The number of morpholine rings is 1. The van der Waals surface area contributed by atoms with Crippen molar-refractivity contribution in [2.24, 2.45) is 0 Å². The van der Waals surface area contributed by atoms with E-state index in [9.17, 15) is 4.79 Å². The van der Waals surface area contributed by atoms with Crippen molar-refractivity contribution in [2.75, 3.05) is 31.2 Å². The van der Waals surface area contributed by atoms with E-state index in [0.717, 1.165) is 60.0 Å². The largest absolute Gasteiger partial charge is 0.490 e. The van der Waals surface area contributed by atoms with Gasteiger partial charge in [-0.1, -0.05) is 24.3 Å². The molecule has 0 unspecified atom stereocenters. The molecule has 1 saturated heterocycles. The highest BCUT2D eigenvalue weighted by Crippen LogP contribution is 2.34. The molecule has 0 amide bonds. The first-order chi connectivity index (χ1) is 16.9. The van der Waals surface area contributed by atoms with E-state index in [-0.39, 0.29) is 12.4 Å². The number of ketones is 1. The molecule has 1 saturated carbocycles. The molecule has 2 aliphatic rings. The predicted octanol–water partition coefficient (Wildman–Crippen LogP) is 4.80. The normalized spacial score (nSPS) is 16.4. The Morgan fingerprint density at radius 1 is 1.06 bits per heavy atom. The summed E-state index contributed by atoms with van der Waals surface area (Å²) >= 11 is 0. The van der Waals surface area contributed by atoms with Gasteiger partial charge in [0.05, 0.1) is 48.7 Å². The molecule has 1 aliphatic carbocycles. The molecule has 7 heteroatoms. The molecule has 2 heterocycles. The second-order valence-corrected chi connectivity index (χ2v) is 9.72. The van der Waals surface area contributed by atoms with E-state index in [1.165, 1.54) is 0 Å². The zero-order valence-corrected chi connectivity index (χ0v) is 20.7. The van der Waals surface area contributed by atoms with Gasteiger partial charge in [0.15, 0.2) is 5.78 Å². The maximum atomic E-state index is 12.0. The summed E-state index contributed by atoms with van der Waals surface area (Å²) < 4.78 is 19.6. The summed E-state index contributed by atoms with van der Waals surface area (Å²) in [7, 11) is 0. The molecule has 1 aliphatic heterocycles. The number of hydrogen-bond donors (Lipinski definition) is 0. The number of carbonyl (C=O) groups excluding carboxylic acids is 1. The van der Waals surface area contributed by atoms with Crippen LogP contribution in [0.5, 0.6) is 5.75 Å². The maximum absolute atomic E-state index is 12.0. The monoisotopic (exact) mass is 475 g/mol. The average Bonchev–Trinajstić information content (AvgIpc) is 3.58. The van der Waals surface area contributed by atoms with E-state index in [0.29, 0.717) is 19.3 Å². The van der Waals surface area contributed by atoms with Crippen molar-refractivity contribution < 1.29 is 19.0 Å². The van der Waals surface area contributed by atoms with E-state index in [2.05, 4.69) is 35.2 Å². The average molecular weight is 476 g/mol. The van der Waals surface area contributed by atoms with E-state index in [1.54, 1.807) is 20.8 Å². The summed E-state index contributed by atoms with van der Waals surface area (Å²) in [6, 6.07) is 18.5. The molecule has 2 aromatic carbocycles. The first-order valence-corrected chi connectivity index (χ1v) is 12.3. The number of para-hydroxylation sites is 2. The van der Waals surface area contributed by atoms with Gasteiger partial charge < -0.3 is 19.1 Å². The lowest BCUT2D eigenvalue weighted by Crippen LogP contribution is -2.36. The maximum Gasteiger partial charge on any atom is 0.161 e. The van der Waals surface area contributed by atoms with Crippen LogP contribution in [0.1, 0.15) is 39.3 Å². The summed E-state index contributed by atoms with van der Waals surface area (Å²) in [6.45, 7) is 8.46. The van der Waals surface area contributed by atoms with Gasteiger partial charge in [0, 0.05) is 18.7 Å². The third-order valence-electron chi connectivity index (χ3n) is 6.61. The van der Waals surface area contributed by atoms with E-state index < -0.39 is 5.60 Å². The second-order valence-electron chi connectivity index (χ2n) is 9.72. The zero-order valence-electron chi connectivity index (χ0n) is 20.7. The van der Waals surface area contributed by atoms with Crippen molar-refractivity contribution in [1.82, 2.24) is 9.78 Å². The van der Waals surface area contributed by atoms with Crippen LogP contribution in [0, 0.1) is 0 Å². The van der Waals surface area contributed by atoms with Crippen LogP contribution >= 0.6 is 0 Å². The molecule has 2 fully saturated rings. The molecule has 1 aromatic heterocycles. The Labute approximate surface area is 206 Å². The van der Waals surface area contributed by atoms with Gasteiger partial charge in [-0.15, -0.1) is 0 Å². The van der Waals surface area contributed by atoms with Gasteiger partial charge >= 0.3 is 0 Å². The number of hydrogen-bond acceptors (Lipinski definition) is 6. The predicted molar refractivity (Wildman–Crippen MR) is 135 cm³/mol. The minimum Gasteiger partial charge on any atom is -0.490 e. The van der Waals surface area contributed by atoms with Crippen molar-refractivity contribution in [3.63, 3.8) is 0 Å². The second kappa shape index (κ2) is 9.84. The molecule has 0 N–H and O–H groups in total. The molecule has 0 atom stereocenters. The standard InChI is InChI=1S/C28H33N3O4/c1-20(32)28(2,3)34-19-22-18-27(21-7-6-8-24(17-21)35-23-11-12-23)31(29-22)26-10-5-4-9-25(26)30-13-15-33-16-14-30/h4-10,17-18,23H,11-16,19H2,1-3H3. The highest BCUT2D eigenvalue weighted by molar-refractivity contribution is 5.84. The molecular formula is C28H33N3O4. The molecule has 0 radical (unpaired) electrons. The van der Waals surface area contributed by atoms with Crippen LogP contribution in [0.25, 0.3) is 16.9 Å². The smallest absolute Gasteiger partial charge is 0.161 e.